The number of rotatable bonds is 4. The van der Waals surface area contributed by atoms with E-state index in [0.29, 0.717) is 13.0 Å². The molecule has 4 heteroatoms. The van der Waals surface area contributed by atoms with Crippen molar-refractivity contribution in [2.75, 3.05) is 0 Å². The van der Waals surface area contributed by atoms with Gasteiger partial charge in [-0.25, -0.2) is 4.79 Å². The highest BCUT2D eigenvalue weighted by molar-refractivity contribution is 5.94. The van der Waals surface area contributed by atoms with Gasteiger partial charge in [0.05, 0.1) is 6.10 Å². The van der Waals surface area contributed by atoms with Gasteiger partial charge in [0, 0.05) is 17.4 Å². The summed E-state index contributed by atoms with van der Waals surface area (Å²) in [5.74, 6) is -0.938. The molecule has 0 radical (unpaired) electrons. The smallest absolute Gasteiger partial charge is 0.352 e. The molecule has 0 fully saturated rings. The highest BCUT2D eigenvalue weighted by Crippen LogP contribution is 2.20. The lowest BCUT2D eigenvalue weighted by Gasteiger charge is -2.09. The predicted octanol–water partition coefficient (Wildman–Crippen LogP) is 2.11. The van der Waals surface area contributed by atoms with Gasteiger partial charge >= 0.3 is 5.97 Å². The number of aliphatic hydroxyl groups excluding tert-OH is 1. The Morgan fingerprint density at radius 1 is 1.41 bits per heavy atom. The molecule has 0 aliphatic carbocycles. The second-order valence-corrected chi connectivity index (χ2v) is 4.18. The van der Waals surface area contributed by atoms with Crippen LogP contribution in [0.2, 0.25) is 0 Å². The monoisotopic (exact) mass is 233 g/mol. The first-order chi connectivity index (χ1) is 8.09. The molecule has 0 spiro atoms. The molecular weight excluding hydrogens is 218 g/mol. The summed E-state index contributed by atoms with van der Waals surface area (Å²) in [5, 5.41) is 19.4. The maximum absolute atomic E-state index is 11.2. The van der Waals surface area contributed by atoms with Crippen LogP contribution in [0.3, 0.4) is 0 Å². The summed E-state index contributed by atoms with van der Waals surface area (Å²) in [6.45, 7) is 2.21. The van der Waals surface area contributed by atoms with E-state index in [9.17, 15) is 9.90 Å². The summed E-state index contributed by atoms with van der Waals surface area (Å²) in [6, 6.07) is 9.21. The van der Waals surface area contributed by atoms with Gasteiger partial charge in [-0.05, 0) is 25.5 Å². The molecule has 0 bridgehead atoms. The molecule has 1 heterocycles. The van der Waals surface area contributed by atoms with Gasteiger partial charge in [-0.15, -0.1) is 0 Å². The number of carbonyl (C=O) groups is 1. The molecule has 1 aromatic heterocycles. The third kappa shape index (κ3) is 2.31. The number of benzene rings is 1. The van der Waals surface area contributed by atoms with Crippen LogP contribution in [0.25, 0.3) is 10.9 Å². The topological polar surface area (TPSA) is 62.5 Å². The Kier molecular flexibility index (Phi) is 3.15. The van der Waals surface area contributed by atoms with Gasteiger partial charge in [-0.2, -0.15) is 0 Å². The largest absolute Gasteiger partial charge is 0.477 e. The molecule has 0 saturated carbocycles. The number of carboxylic acids is 1. The van der Waals surface area contributed by atoms with Gasteiger partial charge in [-0.1, -0.05) is 18.2 Å². The van der Waals surface area contributed by atoms with Gasteiger partial charge in [0.25, 0.3) is 0 Å². The molecule has 17 heavy (non-hydrogen) atoms. The van der Waals surface area contributed by atoms with E-state index in [1.807, 2.05) is 24.3 Å². The highest BCUT2D eigenvalue weighted by atomic mass is 16.4. The van der Waals surface area contributed by atoms with Crippen molar-refractivity contribution in [3.05, 3.63) is 36.0 Å². The minimum absolute atomic E-state index is 0.270. The Hall–Kier alpha value is -1.81. The summed E-state index contributed by atoms with van der Waals surface area (Å²) < 4.78 is 1.74. The lowest BCUT2D eigenvalue weighted by atomic mass is 10.2. The predicted molar refractivity (Wildman–Crippen MR) is 65.2 cm³/mol. The van der Waals surface area contributed by atoms with Crippen LogP contribution in [0.1, 0.15) is 23.8 Å². The zero-order chi connectivity index (χ0) is 12.4. The summed E-state index contributed by atoms with van der Waals surface area (Å²) in [4.78, 5) is 11.2. The van der Waals surface area contributed by atoms with E-state index >= 15 is 0 Å². The second kappa shape index (κ2) is 4.59. The summed E-state index contributed by atoms with van der Waals surface area (Å²) in [7, 11) is 0. The van der Waals surface area contributed by atoms with E-state index in [0.717, 1.165) is 10.9 Å². The van der Waals surface area contributed by atoms with Crippen LogP contribution >= 0.6 is 0 Å². The van der Waals surface area contributed by atoms with E-state index in [1.54, 1.807) is 17.6 Å². The zero-order valence-electron chi connectivity index (χ0n) is 9.63. The fraction of sp³-hybridized carbons (Fsp3) is 0.308. The molecule has 1 unspecified atom stereocenters. The summed E-state index contributed by atoms with van der Waals surface area (Å²) in [6.07, 6.45) is 0.108. The van der Waals surface area contributed by atoms with Crippen molar-refractivity contribution in [2.45, 2.75) is 26.0 Å². The SMILES string of the molecule is CC(O)CCn1c(C(=O)O)cc2ccccc21. The van der Waals surface area contributed by atoms with E-state index in [1.165, 1.54) is 0 Å². The van der Waals surface area contributed by atoms with Crippen molar-refractivity contribution >= 4 is 16.9 Å². The number of aliphatic hydroxyl groups is 1. The Morgan fingerprint density at radius 2 is 2.12 bits per heavy atom. The maximum Gasteiger partial charge on any atom is 0.352 e. The number of aryl methyl sites for hydroxylation is 1. The quantitative estimate of drug-likeness (QED) is 0.850. The van der Waals surface area contributed by atoms with Crippen LogP contribution < -0.4 is 0 Å². The third-order valence-electron chi connectivity index (χ3n) is 2.80. The fourth-order valence-corrected chi connectivity index (χ4v) is 1.94. The molecular formula is C13H15NO3. The van der Waals surface area contributed by atoms with Crippen LogP contribution in [0.15, 0.2) is 30.3 Å². The summed E-state index contributed by atoms with van der Waals surface area (Å²) in [5.41, 5.74) is 1.16. The molecule has 0 aliphatic rings. The molecule has 0 aliphatic heterocycles. The van der Waals surface area contributed by atoms with Crippen LogP contribution in [0.4, 0.5) is 0 Å². The first-order valence-electron chi connectivity index (χ1n) is 5.59. The number of carboxylic acid groups (broad SMARTS) is 1. The highest BCUT2D eigenvalue weighted by Gasteiger charge is 2.14. The number of hydrogen-bond donors (Lipinski definition) is 2. The summed E-state index contributed by atoms with van der Waals surface area (Å²) >= 11 is 0. The van der Waals surface area contributed by atoms with Crippen LogP contribution in [-0.2, 0) is 6.54 Å². The Morgan fingerprint density at radius 3 is 2.76 bits per heavy atom. The van der Waals surface area contributed by atoms with Crippen LogP contribution in [0.5, 0.6) is 0 Å². The number of hydrogen-bond acceptors (Lipinski definition) is 2. The van der Waals surface area contributed by atoms with Crippen LogP contribution in [-0.4, -0.2) is 26.9 Å². The van der Waals surface area contributed by atoms with Crippen molar-refractivity contribution in [1.29, 1.82) is 0 Å². The second-order valence-electron chi connectivity index (χ2n) is 4.18. The molecule has 0 amide bonds. The first kappa shape index (κ1) is 11.7. The minimum Gasteiger partial charge on any atom is -0.477 e. The lowest BCUT2D eigenvalue weighted by molar-refractivity contribution is 0.0683. The lowest BCUT2D eigenvalue weighted by Crippen LogP contribution is -2.12. The number of aromatic carboxylic acids is 1. The number of fused-ring (bicyclic) bond motifs is 1. The minimum atomic E-state index is -0.938. The van der Waals surface area contributed by atoms with Gasteiger partial charge < -0.3 is 14.8 Å². The van der Waals surface area contributed by atoms with Gasteiger partial charge in [0.1, 0.15) is 5.69 Å². The average molecular weight is 233 g/mol. The van der Waals surface area contributed by atoms with Gasteiger partial charge in [0.2, 0.25) is 0 Å². The first-order valence-corrected chi connectivity index (χ1v) is 5.59. The standard InChI is InChI=1S/C13H15NO3/c1-9(15)6-7-14-11-5-3-2-4-10(11)8-12(14)13(16)17/h2-5,8-9,15H,6-7H2,1H3,(H,16,17). The maximum atomic E-state index is 11.2. The number of para-hydroxylation sites is 1. The molecule has 2 aromatic rings. The molecule has 4 nitrogen and oxygen atoms in total. The zero-order valence-corrected chi connectivity index (χ0v) is 9.63. The molecule has 1 aromatic carbocycles. The molecule has 0 saturated heterocycles. The van der Waals surface area contributed by atoms with Crippen molar-refractivity contribution < 1.29 is 15.0 Å². The van der Waals surface area contributed by atoms with E-state index in [2.05, 4.69) is 0 Å². The van der Waals surface area contributed by atoms with E-state index in [-0.39, 0.29) is 5.69 Å². The average Bonchev–Trinajstić information content (AvgIpc) is 2.65. The van der Waals surface area contributed by atoms with Gasteiger partial charge in [0.15, 0.2) is 0 Å². The Labute approximate surface area is 99.1 Å². The molecule has 2 rings (SSSR count). The normalized spacial score (nSPS) is 12.8. The Bertz CT molecular complexity index is 543. The van der Waals surface area contributed by atoms with Crippen molar-refractivity contribution in [1.82, 2.24) is 4.57 Å². The van der Waals surface area contributed by atoms with E-state index in [4.69, 9.17) is 5.11 Å². The number of aromatic nitrogens is 1. The Balaban J connectivity index is 2.48. The van der Waals surface area contributed by atoms with Crippen LogP contribution in [0, 0.1) is 0 Å². The molecule has 90 valence electrons. The third-order valence-corrected chi connectivity index (χ3v) is 2.80. The van der Waals surface area contributed by atoms with E-state index < -0.39 is 12.1 Å². The van der Waals surface area contributed by atoms with Crippen molar-refractivity contribution in [3.63, 3.8) is 0 Å². The van der Waals surface area contributed by atoms with Crippen molar-refractivity contribution in [3.8, 4) is 0 Å². The number of nitrogens with zero attached hydrogens (tertiary/aromatic N) is 1. The fourth-order valence-electron chi connectivity index (χ4n) is 1.94. The van der Waals surface area contributed by atoms with Gasteiger partial charge in [-0.3, -0.25) is 0 Å². The van der Waals surface area contributed by atoms with Crippen molar-refractivity contribution in [2.24, 2.45) is 0 Å². The molecule has 1 atom stereocenters. The molecule has 2 N–H and O–H groups in total.